The van der Waals surface area contributed by atoms with Gasteiger partial charge in [0.25, 0.3) is 0 Å². The fourth-order valence-corrected chi connectivity index (χ4v) is 3.19. The van der Waals surface area contributed by atoms with Crippen molar-refractivity contribution in [3.05, 3.63) is 16.4 Å². The van der Waals surface area contributed by atoms with Crippen molar-refractivity contribution in [2.45, 2.75) is 43.9 Å². The largest absolute Gasteiger partial charge is 0.384 e. The number of aromatic nitrogens is 2. The van der Waals surface area contributed by atoms with E-state index in [1.54, 1.807) is 13.3 Å². The number of hydrogen-bond donors (Lipinski definition) is 2. The van der Waals surface area contributed by atoms with E-state index in [0.29, 0.717) is 26.0 Å². The first-order valence-corrected chi connectivity index (χ1v) is 7.05. The summed E-state index contributed by atoms with van der Waals surface area (Å²) < 4.78 is 7.75. The van der Waals surface area contributed by atoms with E-state index < -0.39 is 5.60 Å². The summed E-state index contributed by atoms with van der Waals surface area (Å²) in [6.45, 7) is 1.22. The van der Waals surface area contributed by atoms with Crippen LogP contribution in [-0.2, 0) is 16.9 Å². The number of rotatable bonds is 4. The van der Waals surface area contributed by atoms with Gasteiger partial charge < -0.3 is 15.6 Å². The van der Waals surface area contributed by atoms with Crippen molar-refractivity contribution in [1.82, 2.24) is 9.78 Å². The third kappa shape index (κ3) is 2.77. The fraction of sp³-hybridized carbons (Fsp3) is 0.750. The summed E-state index contributed by atoms with van der Waals surface area (Å²) >= 11 is 3.48. The van der Waals surface area contributed by atoms with Gasteiger partial charge in [-0.2, -0.15) is 5.10 Å². The zero-order valence-corrected chi connectivity index (χ0v) is 12.2. The second kappa shape index (κ2) is 5.69. The van der Waals surface area contributed by atoms with Gasteiger partial charge in [0.1, 0.15) is 5.60 Å². The predicted octanol–water partition coefficient (Wildman–Crippen LogP) is 1.38. The van der Waals surface area contributed by atoms with Crippen LogP contribution < -0.4 is 5.73 Å². The van der Waals surface area contributed by atoms with Gasteiger partial charge in [-0.3, -0.25) is 4.68 Å². The Morgan fingerprint density at radius 3 is 2.89 bits per heavy atom. The van der Waals surface area contributed by atoms with Gasteiger partial charge in [-0.1, -0.05) is 0 Å². The van der Waals surface area contributed by atoms with E-state index in [9.17, 15) is 5.11 Å². The average Bonchev–Trinajstić information content (AvgIpc) is 2.73. The molecule has 0 saturated heterocycles. The highest BCUT2D eigenvalue weighted by atomic mass is 79.9. The van der Waals surface area contributed by atoms with E-state index >= 15 is 0 Å². The van der Waals surface area contributed by atoms with Gasteiger partial charge >= 0.3 is 0 Å². The number of halogens is 1. The zero-order valence-electron chi connectivity index (χ0n) is 10.6. The van der Waals surface area contributed by atoms with Crippen LogP contribution in [0, 0.1) is 0 Å². The van der Waals surface area contributed by atoms with Crippen molar-refractivity contribution in [1.29, 1.82) is 0 Å². The quantitative estimate of drug-likeness (QED) is 0.880. The fourth-order valence-electron chi connectivity index (χ4n) is 2.53. The number of nitrogens with two attached hydrogens (primary N) is 1. The molecule has 0 atom stereocenters. The normalized spacial score (nSPS) is 28.6. The molecule has 0 spiro atoms. The van der Waals surface area contributed by atoms with Gasteiger partial charge in [0.05, 0.1) is 29.5 Å². The van der Waals surface area contributed by atoms with Gasteiger partial charge in [0, 0.05) is 13.2 Å². The molecule has 18 heavy (non-hydrogen) atoms. The summed E-state index contributed by atoms with van der Waals surface area (Å²) in [5.74, 6) is 0. The summed E-state index contributed by atoms with van der Waals surface area (Å²) in [5.41, 5.74) is 5.93. The molecule has 0 aromatic carbocycles. The summed E-state index contributed by atoms with van der Waals surface area (Å²) in [4.78, 5) is 0. The Bertz CT molecular complexity index is 400. The lowest BCUT2D eigenvalue weighted by molar-refractivity contribution is -0.0144. The van der Waals surface area contributed by atoms with Crippen LogP contribution in [0.25, 0.3) is 0 Å². The average molecular weight is 318 g/mol. The summed E-state index contributed by atoms with van der Waals surface area (Å²) in [5, 5.41) is 15.1. The first-order chi connectivity index (χ1) is 8.57. The predicted molar refractivity (Wildman–Crippen MR) is 72.1 cm³/mol. The van der Waals surface area contributed by atoms with E-state index in [1.807, 2.05) is 4.68 Å². The maximum Gasteiger partial charge on any atom is 0.107 e. The third-order valence-corrected chi connectivity index (χ3v) is 4.18. The van der Waals surface area contributed by atoms with Gasteiger partial charge in [-0.05, 0) is 41.6 Å². The van der Waals surface area contributed by atoms with Gasteiger partial charge in [-0.25, -0.2) is 0 Å². The minimum Gasteiger partial charge on any atom is -0.384 e. The molecule has 6 heteroatoms. The number of aliphatic hydroxyl groups is 1. The molecule has 102 valence electrons. The Balaban J connectivity index is 2.23. The molecule has 1 aliphatic rings. The van der Waals surface area contributed by atoms with Gasteiger partial charge in [-0.15, -0.1) is 0 Å². The molecular formula is C12H20BrN3O2. The van der Waals surface area contributed by atoms with Crippen LogP contribution in [0.2, 0.25) is 0 Å². The Hall–Kier alpha value is -0.430. The standard InChI is InChI=1S/C12H20BrN3O2/c1-18-7-6-16-11(10(13)8-15-16)12(17)4-2-9(14)3-5-12/h8-9,17H,2-7,14H2,1H3. The molecule has 1 saturated carbocycles. The topological polar surface area (TPSA) is 73.3 Å². The Morgan fingerprint density at radius 1 is 1.61 bits per heavy atom. The lowest BCUT2D eigenvalue weighted by Gasteiger charge is -2.35. The van der Waals surface area contributed by atoms with Crippen LogP contribution in [0.3, 0.4) is 0 Å². The molecule has 0 amide bonds. The third-order valence-electron chi connectivity index (χ3n) is 3.60. The van der Waals surface area contributed by atoms with E-state index in [1.165, 1.54) is 0 Å². The number of nitrogens with zero attached hydrogens (tertiary/aromatic N) is 2. The van der Waals surface area contributed by atoms with Crippen molar-refractivity contribution in [3.63, 3.8) is 0 Å². The highest BCUT2D eigenvalue weighted by Gasteiger charge is 2.38. The molecule has 0 bridgehead atoms. The van der Waals surface area contributed by atoms with Crippen molar-refractivity contribution >= 4 is 15.9 Å². The number of hydrogen-bond acceptors (Lipinski definition) is 4. The summed E-state index contributed by atoms with van der Waals surface area (Å²) in [6.07, 6.45) is 4.80. The summed E-state index contributed by atoms with van der Waals surface area (Å²) in [7, 11) is 1.66. The van der Waals surface area contributed by atoms with Crippen LogP contribution in [0.1, 0.15) is 31.4 Å². The van der Waals surface area contributed by atoms with Crippen LogP contribution in [0.15, 0.2) is 10.7 Å². The molecule has 2 rings (SSSR count). The maximum atomic E-state index is 10.8. The van der Waals surface area contributed by atoms with Crippen molar-refractivity contribution in [2.24, 2.45) is 5.73 Å². The first-order valence-electron chi connectivity index (χ1n) is 6.25. The van der Waals surface area contributed by atoms with Crippen LogP contribution in [0.5, 0.6) is 0 Å². The van der Waals surface area contributed by atoms with Crippen LogP contribution in [0.4, 0.5) is 0 Å². The maximum absolute atomic E-state index is 10.8. The molecule has 1 aliphatic carbocycles. The minimum absolute atomic E-state index is 0.208. The number of methoxy groups -OCH3 is 1. The van der Waals surface area contributed by atoms with E-state index in [4.69, 9.17) is 10.5 Å². The molecule has 5 nitrogen and oxygen atoms in total. The molecule has 1 heterocycles. The highest BCUT2D eigenvalue weighted by Crippen LogP contribution is 2.39. The molecule has 1 aromatic rings. The molecule has 3 N–H and O–H groups in total. The first kappa shape index (κ1) is 14.0. The molecule has 0 aliphatic heterocycles. The van der Waals surface area contributed by atoms with E-state index in [0.717, 1.165) is 23.0 Å². The summed E-state index contributed by atoms with van der Waals surface area (Å²) in [6, 6.07) is 0.208. The second-order valence-corrected chi connectivity index (χ2v) is 5.78. The monoisotopic (exact) mass is 317 g/mol. The minimum atomic E-state index is -0.820. The molecular weight excluding hydrogens is 298 g/mol. The van der Waals surface area contributed by atoms with Crippen molar-refractivity contribution < 1.29 is 9.84 Å². The van der Waals surface area contributed by atoms with Crippen molar-refractivity contribution in [3.8, 4) is 0 Å². The van der Waals surface area contributed by atoms with E-state index in [2.05, 4.69) is 21.0 Å². The molecule has 1 aromatic heterocycles. The Labute approximate surface area is 115 Å². The smallest absolute Gasteiger partial charge is 0.107 e. The molecule has 0 radical (unpaired) electrons. The van der Waals surface area contributed by atoms with Crippen LogP contribution in [-0.4, -0.2) is 34.6 Å². The second-order valence-electron chi connectivity index (χ2n) is 4.93. The molecule has 0 unspecified atom stereocenters. The lowest BCUT2D eigenvalue weighted by atomic mass is 9.80. The Morgan fingerprint density at radius 2 is 2.28 bits per heavy atom. The number of ether oxygens (including phenoxy) is 1. The lowest BCUT2D eigenvalue weighted by Crippen LogP contribution is -2.38. The van der Waals surface area contributed by atoms with Crippen LogP contribution >= 0.6 is 15.9 Å². The zero-order chi connectivity index (χ0) is 13.2. The highest BCUT2D eigenvalue weighted by molar-refractivity contribution is 9.10. The SMILES string of the molecule is COCCn1ncc(Br)c1C1(O)CCC(N)CC1. The van der Waals surface area contributed by atoms with E-state index in [-0.39, 0.29) is 6.04 Å². The molecule has 1 fully saturated rings. The Kier molecular flexibility index (Phi) is 4.42. The van der Waals surface area contributed by atoms with Crippen molar-refractivity contribution in [2.75, 3.05) is 13.7 Å². The van der Waals surface area contributed by atoms with Gasteiger partial charge in [0.15, 0.2) is 0 Å². The van der Waals surface area contributed by atoms with Gasteiger partial charge in [0.2, 0.25) is 0 Å².